The van der Waals surface area contributed by atoms with Crippen molar-refractivity contribution in [3.63, 3.8) is 0 Å². The minimum atomic E-state index is -0.0486. The fraction of sp³-hybridized carbons (Fsp3) is 0.556. The Bertz CT molecular complexity index is 621. The standard InChI is InChI=1S/C18H23ClN2O3/c1-24-16-7-6-14(12-15(16)19)18(23)21-10-8-20(9-11-21)17(22)13-4-2-3-5-13/h6-7,12-13H,2-5,8-11H2,1H3. The van der Waals surface area contributed by atoms with E-state index in [-0.39, 0.29) is 17.7 Å². The summed E-state index contributed by atoms with van der Waals surface area (Å²) in [6.07, 6.45) is 4.35. The van der Waals surface area contributed by atoms with Gasteiger partial charge in [0.2, 0.25) is 5.91 Å². The van der Waals surface area contributed by atoms with E-state index in [1.807, 2.05) is 4.90 Å². The highest BCUT2D eigenvalue weighted by Gasteiger charge is 2.30. The highest BCUT2D eigenvalue weighted by molar-refractivity contribution is 6.32. The zero-order valence-corrected chi connectivity index (χ0v) is 14.7. The lowest BCUT2D eigenvalue weighted by Crippen LogP contribution is -2.51. The quantitative estimate of drug-likeness (QED) is 0.842. The topological polar surface area (TPSA) is 49.9 Å². The number of hydrogen-bond donors (Lipinski definition) is 0. The summed E-state index contributed by atoms with van der Waals surface area (Å²) in [6.45, 7) is 2.37. The van der Waals surface area contributed by atoms with E-state index in [1.54, 1.807) is 30.2 Å². The number of nitrogens with zero attached hydrogens (tertiary/aromatic N) is 2. The van der Waals surface area contributed by atoms with Crippen LogP contribution in [0.15, 0.2) is 18.2 Å². The smallest absolute Gasteiger partial charge is 0.254 e. The minimum absolute atomic E-state index is 0.0486. The zero-order valence-electron chi connectivity index (χ0n) is 14.0. The van der Waals surface area contributed by atoms with E-state index >= 15 is 0 Å². The zero-order chi connectivity index (χ0) is 17.1. The van der Waals surface area contributed by atoms with Crippen LogP contribution in [0.3, 0.4) is 0 Å². The summed E-state index contributed by atoms with van der Waals surface area (Å²) in [7, 11) is 1.54. The number of carbonyl (C=O) groups excluding carboxylic acids is 2. The van der Waals surface area contributed by atoms with Gasteiger partial charge in [0.15, 0.2) is 0 Å². The molecule has 130 valence electrons. The minimum Gasteiger partial charge on any atom is -0.495 e. The molecule has 2 fully saturated rings. The van der Waals surface area contributed by atoms with Crippen LogP contribution >= 0.6 is 11.6 Å². The van der Waals surface area contributed by atoms with E-state index in [4.69, 9.17) is 16.3 Å². The van der Waals surface area contributed by atoms with Gasteiger partial charge in [-0.1, -0.05) is 24.4 Å². The molecule has 24 heavy (non-hydrogen) atoms. The molecule has 1 aromatic rings. The lowest BCUT2D eigenvalue weighted by Gasteiger charge is -2.36. The Morgan fingerprint density at radius 3 is 2.29 bits per heavy atom. The van der Waals surface area contributed by atoms with Crippen LogP contribution in [-0.2, 0) is 4.79 Å². The molecule has 0 atom stereocenters. The molecule has 1 aliphatic heterocycles. The third-order valence-corrected chi connectivity index (χ3v) is 5.28. The van der Waals surface area contributed by atoms with Gasteiger partial charge in [-0.15, -0.1) is 0 Å². The predicted octanol–water partition coefficient (Wildman–Crippen LogP) is 2.82. The summed E-state index contributed by atoms with van der Waals surface area (Å²) in [5.41, 5.74) is 0.552. The monoisotopic (exact) mass is 350 g/mol. The molecule has 0 unspecified atom stereocenters. The second-order valence-electron chi connectivity index (χ2n) is 6.45. The number of carbonyl (C=O) groups is 2. The number of piperazine rings is 1. The summed E-state index contributed by atoms with van der Waals surface area (Å²) < 4.78 is 5.11. The first kappa shape index (κ1) is 17.1. The van der Waals surface area contributed by atoms with Gasteiger partial charge in [-0.05, 0) is 31.0 Å². The summed E-state index contributed by atoms with van der Waals surface area (Å²) in [5, 5.41) is 0.429. The highest BCUT2D eigenvalue weighted by Crippen LogP contribution is 2.28. The third-order valence-electron chi connectivity index (χ3n) is 4.98. The van der Waals surface area contributed by atoms with Crippen LogP contribution in [0.4, 0.5) is 0 Å². The molecule has 0 N–H and O–H groups in total. The molecule has 0 spiro atoms. The molecule has 6 heteroatoms. The van der Waals surface area contributed by atoms with E-state index in [2.05, 4.69) is 0 Å². The predicted molar refractivity (Wildman–Crippen MR) is 92.4 cm³/mol. The molecule has 1 saturated carbocycles. The number of rotatable bonds is 3. The van der Waals surface area contributed by atoms with Crippen molar-refractivity contribution in [2.75, 3.05) is 33.3 Å². The molecular weight excluding hydrogens is 328 g/mol. The van der Waals surface area contributed by atoms with E-state index in [9.17, 15) is 9.59 Å². The van der Waals surface area contributed by atoms with Gasteiger partial charge < -0.3 is 14.5 Å². The van der Waals surface area contributed by atoms with Crippen molar-refractivity contribution in [2.24, 2.45) is 5.92 Å². The van der Waals surface area contributed by atoms with Crippen molar-refractivity contribution in [2.45, 2.75) is 25.7 Å². The van der Waals surface area contributed by atoms with E-state index in [0.717, 1.165) is 25.7 Å². The molecule has 1 aromatic carbocycles. The molecule has 1 aliphatic carbocycles. The van der Waals surface area contributed by atoms with Gasteiger partial charge in [-0.3, -0.25) is 9.59 Å². The molecular formula is C18H23ClN2O3. The summed E-state index contributed by atoms with van der Waals surface area (Å²) >= 11 is 6.10. The maximum absolute atomic E-state index is 12.6. The van der Waals surface area contributed by atoms with Gasteiger partial charge in [-0.2, -0.15) is 0 Å². The van der Waals surface area contributed by atoms with Crippen LogP contribution in [-0.4, -0.2) is 54.9 Å². The van der Waals surface area contributed by atoms with Gasteiger partial charge in [0, 0.05) is 37.7 Å². The van der Waals surface area contributed by atoms with E-state index < -0.39 is 0 Å². The van der Waals surface area contributed by atoms with Crippen molar-refractivity contribution in [1.82, 2.24) is 9.80 Å². The van der Waals surface area contributed by atoms with Crippen LogP contribution in [0.1, 0.15) is 36.0 Å². The normalized spacial score (nSPS) is 18.8. The Balaban J connectivity index is 1.58. The molecule has 0 radical (unpaired) electrons. The van der Waals surface area contributed by atoms with Crippen LogP contribution in [0.5, 0.6) is 5.75 Å². The SMILES string of the molecule is COc1ccc(C(=O)N2CCN(C(=O)C3CCCC3)CC2)cc1Cl. The lowest BCUT2D eigenvalue weighted by molar-refractivity contribution is -0.136. The number of methoxy groups -OCH3 is 1. The highest BCUT2D eigenvalue weighted by atomic mass is 35.5. The largest absolute Gasteiger partial charge is 0.495 e. The second kappa shape index (κ2) is 7.43. The number of benzene rings is 1. The van der Waals surface area contributed by atoms with Crippen LogP contribution in [0, 0.1) is 5.92 Å². The van der Waals surface area contributed by atoms with E-state index in [0.29, 0.717) is 42.5 Å². The number of ether oxygens (including phenoxy) is 1. The fourth-order valence-electron chi connectivity index (χ4n) is 3.54. The van der Waals surface area contributed by atoms with Gasteiger partial charge in [0.25, 0.3) is 5.91 Å². The summed E-state index contributed by atoms with van der Waals surface area (Å²) in [4.78, 5) is 28.8. The Labute approximate surface area is 147 Å². The van der Waals surface area contributed by atoms with Crippen LogP contribution in [0.25, 0.3) is 0 Å². The van der Waals surface area contributed by atoms with Crippen molar-refractivity contribution in [3.8, 4) is 5.75 Å². The Kier molecular flexibility index (Phi) is 5.29. The van der Waals surface area contributed by atoms with Crippen LogP contribution < -0.4 is 4.74 Å². The Hall–Kier alpha value is -1.75. The maximum atomic E-state index is 12.6. The molecule has 1 saturated heterocycles. The molecule has 2 aliphatic rings. The molecule has 0 aromatic heterocycles. The molecule has 3 rings (SSSR count). The number of amides is 2. The van der Waals surface area contributed by atoms with Crippen molar-refractivity contribution in [1.29, 1.82) is 0 Å². The lowest BCUT2D eigenvalue weighted by atomic mass is 10.1. The van der Waals surface area contributed by atoms with Crippen molar-refractivity contribution >= 4 is 23.4 Å². The van der Waals surface area contributed by atoms with Crippen molar-refractivity contribution in [3.05, 3.63) is 28.8 Å². The Morgan fingerprint density at radius 1 is 1.08 bits per heavy atom. The molecule has 2 amide bonds. The number of halogens is 1. The second-order valence-corrected chi connectivity index (χ2v) is 6.86. The number of hydrogen-bond acceptors (Lipinski definition) is 3. The average molecular weight is 351 g/mol. The van der Waals surface area contributed by atoms with Gasteiger partial charge >= 0.3 is 0 Å². The molecule has 0 bridgehead atoms. The van der Waals surface area contributed by atoms with Crippen molar-refractivity contribution < 1.29 is 14.3 Å². The maximum Gasteiger partial charge on any atom is 0.254 e. The molecule has 1 heterocycles. The summed E-state index contributed by atoms with van der Waals surface area (Å²) in [6, 6.07) is 5.07. The molecule has 5 nitrogen and oxygen atoms in total. The first-order valence-corrected chi connectivity index (χ1v) is 8.89. The third kappa shape index (κ3) is 3.51. The first-order valence-electron chi connectivity index (χ1n) is 8.51. The Morgan fingerprint density at radius 2 is 1.71 bits per heavy atom. The van der Waals surface area contributed by atoms with E-state index in [1.165, 1.54) is 0 Å². The average Bonchev–Trinajstić information content (AvgIpc) is 3.15. The van der Waals surface area contributed by atoms with Gasteiger partial charge in [0.1, 0.15) is 5.75 Å². The summed E-state index contributed by atoms with van der Waals surface area (Å²) in [5.74, 6) is 0.979. The van der Waals surface area contributed by atoms with Gasteiger partial charge in [0.05, 0.1) is 12.1 Å². The first-order chi connectivity index (χ1) is 11.6. The van der Waals surface area contributed by atoms with Gasteiger partial charge in [-0.25, -0.2) is 0 Å². The fourth-order valence-corrected chi connectivity index (χ4v) is 3.80. The van der Waals surface area contributed by atoms with Crippen LogP contribution in [0.2, 0.25) is 5.02 Å².